The predicted molar refractivity (Wildman–Crippen MR) is 112 cm³/mol. The van der Waals surface area contributed by atoms with Crippen molar-refractivity contribution >= 4 is 35.0 Å². The molecule has 0 aromatic heterocycles. The van der Waals surface area contributed by atoms with Crippen molar-refractivity contribution in [2.24, 2.45) is 0 Å². The van der Waals surface area contributed by atoms with E-state index in [-0.39, 0.29) is 25.0 Å². The number of amides is 2. The third-order valence-corrected chi connectivity index (χ3v) is 5.07. The number of ether oxygens (including phenoxy) is 1. The molecule has 0 fully saturated rings. The Morgan fingerprint density at radius 2 is 1.68 bits per heavy atom. The van der Waals surface area contributed by atoms with E-state index in [2.05, 4.69) is 5.32 Å². The van der Waals surface area contributed by atoms with Crippen LogP contribution in [0.15, 0.2) is 36.4 Å². The highest BCUT2D eigenvalue weighted by molar-refractivity contribution is 6.36. The molecule has 28 heavy (non-hydrogen) atoms. The van der Waals surface area contributed by atoms with E-state index in [0.29, 0.717) is 21.4 Å². The van der Waals surface area contributed by atoms with Gasteiger partial charge in [-0.25, -0.2) is 0 Å². The number of hydrogen-bond acceptors (Lipinski definition) is 3. The Morgan fingerprint density at radius 3 is 2.21 bits per heavy atom. The summed E-state index contributed by atoms with van der Waals surface area (Å²) in [6.45, 7) is 5.47. The molecule has 1 unspecified atom stereocenters. The minimum absolute atomic E-state index is 0.0993. The van der Waals surface area contributed by atoms with Gasteiger partial charge in [0.15, 0.2) is 6.61 Å². The number of rotatable bonds is 7. The van der Waals surface area contributed by atoms with Crippen LogP contribution >= 0.6 is 23.2 Å². The molecule has 0 radical (unpaired) electrons. The van der Waals surface area contributed by atoms with Gasteiger partial charge < -0.3 is 15.0 Å². The largest absolute Gasteiger partial charge is 0.484 e. The highest BCUT2D eigenvalue weighted by atomic mass is 35.5. The van der Waals surface area contributed by atoms with E-state index in [1.54, 1.807) is 25.1 Å². The molecule has 0 aliphatic rings. The number of likely N-dealkylation sites (N-methyl/N-ethyl adjacent to an activating group) is 1. The summed E-state index contributed by atoms with van der Waals surface area (Å²) in [6, 6.07) is 10.1. The monoisotopic (exact) mass is 422 g/mol. The Balaban J connectivity index is 2.22. The van der Waals surface area contributed by atoms with Crippen molar-refractivity contribution in [1.82, 2.24) is 10.2 Å². The van der Waals surface area contributed by atoms with Crippen LogP contribution in [0.5, 0.6) is 5.75 Å². The van der Waals surface area contributed by atoms with E-state index in [9.17, 15) is 9.59 Å². The second-order valence-electron chi connectivity index (χ2n) is 6.62. The molecule has 0 heterocycles. The number of nitrogens with one attached hydrogen (secondary N) is 1. The third kappa shape index (κ3) is 5.63. The average Bonchev–Trinajstić information content (AvgIpc) is 2.64. The fraction of sp³-hybridized carbons (Fsp3) is 0.333. The Kier molecular flexibility index (Phi) is 7.72. The van der Waals surface area contributed by atoms with Crippen LogP contribution in [0.3, 0.4) is 0 Å². The van der Waals surface area contributed by atoms with Gasteiger partial charge in [0, 0.05) is 29.2 Å². The van der Waals surface area contributed by atoms with Crippen molar-refractivity contribution in [3.63, 3.8) is 0 Å². The lowest BCUT2D eigenvalue weighted by molar-refractivity contribution is -0.142. The number of carbonyl (C=O) groups is 2. The Labute approximate surface area is 175 Å². The minimum Gasteiger partial charge on any atom is -0.484 e. The van der Waals surface area contributed by atoms with Crippen molar-refractivity contribution < 1.29 is 14.3 Å². The summed E-state index contributed by atoms with van der Waals surface area (Å²) in [5, 5.41) is 3.43. The van der Waals surface area contributed by atoms with Gasteiger partial charge in [-0.05, 0) is 56.2 Å². The van der Waals surface area contributed by atoms with E-state index in [4.69, 9.17) is 27.9 Å². The summed E-state index contributed by atoms with van der Waals surface area (Å²) >= 11 is 12.5. The number of aryl methyl sites for hydroxylation is 2. The van der Waals surface area contributed by atoms with Crippen LogP contribution in [0, 0.1) is 13.8 Å². The molecule has 7 heteroatoms. The van der Waals surface area contributed by atoms with Crippen LogP contribution in [-0.4, -0.2) is 36.4 Å². The van der Waals surface area contributed by atoms with Gasteiger partial charge in [0.05, 0.1) is 0 Å². The summed E-state index contributed by atoms with van der Waals surface area (Å²) in [5.74, 6) is -0.0247. The zero-order valence-electron chi connectivity index (χ0n) is 16.4. The van der Waals surface area contributed by atoms with Crippen molar-refractivity contribution in [3.8, 4) is 5.75 Å². The topological polar surface area (TPSA) is 58.6 Å². The standard InChI is InChI=1S/C21H24Cl2N2O3/c1-13-8-14(2)10-16(9-13)28-12-20(26)25(15(3)21(27)24-4)11-17-18(22)6-5-7-19(17)23/h5-10,15H,11-12H2,1-4H3,(H,24,27). The number of carbonyl (C=O) groups excluding carboxylic acids is 2. The zero-order valence-corrected chi connectivity index (χ0v) is 17.9. The van der Waals surface area contributed by atoms with Gasteiger partial charge in [0.2, 0.25) is 5.91 Å². The molecule has 0 aliphatic carbocycles. The summed E-state index contributed by atoms with van der Waals surface area (Å²) in [4.78, 5) is 26.5. The summed E-state index contributed by atoms with van der Waals surface area (Å²) in [7, 11) is 1.52. The van der Waals surface area contributed by atoms with Crippen molar-refractivity contribution in [2.45, 2.75) is 33.4 Å². The molecule has 0 saturated heterocycles. The molecule has 1 N–H and O–H groups in total. The molecule has 5 nitrogen and oxygen atoms in total. The lowest BCUT2D eigenvalue weighted by Crippen LogP contribution is -2.48. The summed E-state index contributed by atoms with van der Waals surface area (Å²) < 4.78 is 5.68. The average molecular weight is 423 g/mol. The smallest absolute Gasteiger partial charge is 0.261 e. The highest BCUT2D eigenvalue weighted by Gasteiger charge is 2.27. The van der Waals surface area contributed by atoms with Crippen LogP contribution in [0.4, 0.5) is 0 Å². The first-order valence-corrected chi connectivity index (χ1v) is 9.63. The molecule has 0 saturated carbocycles. The molecule has 2 aromatic carbocycles. The highest BCUT2D eigenvalue weighted by Crippen LogP contribution is 2.26. The maximum atomic E-state index is 12.9. The lowest BCUT2D eigenvalue weighted by atomic mass is 10.1. The Bertz CT molecular complexity index is 830. The van der Waals surface area contributed by atoms with Crippen LogP contribution in [0.25, 0.3) is 0 Å². The lowest BCUT2D eigenvalue weighted by Gasteiger charge is -2.29. The molecule has 2 rings (SSSR count). The van der Waals surface area contributed by atoms with Gasteiger partial charge in [0.1, 0.15) is 11.8 Å². The first-order valence-electron chi connectivity index (χ1n) is 8.88. The van der Waals surface area contributed by atoms with E-state index in [1.165, 1.54) is 11.9 Å². The van der Waals surface area contributed by atoms with Crippen LogP contribution in [0.1, 0.15) is 23.6 Å². The van der Waals surface area contributed by atoms with E-state index in [0.717, 1.165) is 11.1 Å². The maximum Gasteiger partial charge on any atom is 0.261 e. The Hall–Kier alpha value is -2.24. The number of nitrogens with zero attached hydrogens (tertiary/aromatic N) is 1. The first kappa shape index (κ1) is 22.1. The fourth-order valence-corrected chi connectivity index (χ4v) is 3.41. The van der Waals surface area contributed by atoms with Crippen molar-refractivity contribution in [3.05, 3.63) is 63.1 Å². The molecule has 2 aromatic rings. The molecule has 0 bridgehead atoms. The van der Waals surface area contributed by atoms with Crippen LogP contribution in [0.2, 0.25) is 10.0 Å². The van der Waals surface area contributed by atoms with Gasteiger partial charge in [-0.1, -0.05) is 35.3 Å². The van der Waals surface area contributed by atoms with Gasteiger partial charge in [-0.3, -0.25) is 9.59 Å². The minimum atomic E-state index is -0.715. The second kappa shape index (κ2) is 9.80. The first-order chi connectivity index (χ1) is 13.2. The van der Waals surface area contributed by atoms with Crippen molar-refractivity contribution in [2.75, 3.05) is 13.7 Å². The van der Waals surface area contributed by atoms with Crippen LogP contribution < -0.4 is 10.1 Å². The molecular weight excluding hydrogens is 399 g/mol. The SMILES string of the molecule is CNC(=O)C(C)N(Cc1c(Cl)cccc1Cl)C(=O)COc1cc(C)cc(C)c1. The summed E-state index contributed by atoms with van der Waals surface area (Å²) in [5.41, 5.74) is 2.67. The van der Waals surface area contributed by atoms with Gasteiger partial charge in [-0.15, -0.1) is 0 Å². The molecule has 0 aliphatic heterocycles. The third-order valence-electron chi connectivity index (χ3n) is 4.36. The van der Waals surface area contributed by atoms with E-state index >= 15 is 0 Å². The van der Waals surface area contributed by atoms with Crippen LogP contribution in [-0.2, 0) is 16.1 Å². The van der Waals surface area contributed by atoms with Crippen molar-refractivity contribution in [1.29, 1.82) is 0 Å². The predicted octanol–water partition coefficient (Wildman–Crippen LogP) is 4.15. The molecule has 2 amide bonds. The van der Waals surface area contributed by atoms with Gasteiger partial charge in [0.25, 0.3) is 5.91 Å². The summed E-state index contributed by atoms with van der Waals surface area (Å²) in [6.07, 6.45) is 0. The number of halogens is 2. The second-order valence-corrected chi connectivity index (χ2v) is 7.44. The Morgan fingerprint density at radius 1 is 1.11 bits per heavy atom. The molecule has 1 atom stereocenters. The fourth-order valence-electron chi connectivity index (χ4n) is 2.89. The van der Waals surface area contributed by atoms with Gasteiger partial charge in [-0.2, -0.15) is 0 Å². The zero-order chi connectivity index (χ0) is 20.8. The number of benzene rings is 2. The quantitative estimate of drug-likeness (QED) is 0.728. The normalized spacial score (nSPS) is 11.6. The molecule has 0 spiro atoms. The number of hydrogen-bond donors (Lipinski definition) is 1. The van der Waals surface area contributed by atoms with Gasteiger partial charge >= 0.3 is 0 Å². The van der Waals surface area contributed by atoms with E-state index < -0.39 is 6.04 Å². The maximum absolute atomic E-state index is 12.9. The molecular formula is C21H24Cl2N2O3. The van der Waals surface area contributed by atoms with E-state index in [1.807, 2.05) is 32.0 Å². The molecule has 150 valence electrons.